The zero-order valence-electron chi connectivity index (χ0n) is 39.0. The number of amides is 1. The molecule has 1 amide bonds. The number of carbonyl (C=O) groups excluding carboxylic acids is 2. The van der Waals surface area contributed by atoms with E-state index >= 15 is 0 Å². The molecule has 0 saturated heterocycles. The van der Waals surface area contributed by atoms with E-state index in [-0.39, 0.29) is 18.5 Å². The maximum atomic E-state index is 12.4. The third-order valence-electron chi connectivity index (χ3n) is 11.3. The number of esters is 1. The molecule has 6 nitrogen and oxygen atoms in total. The first-order valence-corrected chi connectivity index (χ1v) is 25.4. The van der Waals surface area contributed by atoms with Crippen LogP contribution in [0.15, 0.2) is 48.6 Å². The molecule has 0 rings (SSSR count). The zero-order chi connectivity index (χ0) is 43.0. The lowest BCUT2D eigenvalue weighted by Gasteiger charge is -2.20. The number of aliphatic hydroxyl groups is 2. The van der Waals surface area contributed by atoms with E-state index in [9.17, 15) is 19.8 Å². The monoisotopic (exact) mass is 828 g/mol. The maximum absolute atomic E-state index is 12.4. The molecular weight excluding hydrogens is 731 g/mol. The van der Waals surface area contributed by atoms with Crippen molar-refractivity contribution < 1.29 is 24.5 Å². The number of unbranched alkanes of at least 4 members (excludes halogenated alkanes) is 29. The van der Waals surface area contributed by atoms with Gasteiger partial charge in [-0.15, -0.1) is 0 Å². The average Bonchev–Trinajstić information content (AvgIpc) is 3.24. The van der Waals surface area contributed by atoms with Gasteiger partial charge in [0.15, 0.2) is 0 Å². The van der Waals surface area contributed by atoms with Crippen LogP contribution in [0.5, 0.6) is 0 Å². The smallest absolute Gasteiger partial charge is 0.305 e. The second-order valence-electron chi connectivity index (χ2n) is 17.1. The number of ether oxygens (including phenoxy) is 1. The first kappa shape index (κ1) is 56.8. The highest BCUT2D eigenvalue weighted by atomic mass is 16.5. The summed E-state index contributed by atoms with van der Waals surface area (Å²) in [7, 11) is 0. The molecule has 3 N–H and O–H groups in total. The van der Waals surface area contributed by atoms with Gasteiger partial charge in [-0.25, -0.2) is 0 Å². The number of aliphatic hydroxyl groups excluding tert-OH is 2. The Hall–Kier alpha value is -2.18. The molecule has 0 heterocycles. The van der Waals surface area contributed by atoms with E-state index in [2.05, 4.69) is 55.6 Å². The van der Waals surface area contributed by atoms with Crippen LogP contribution in [0.1, 0.15) is 251 Å². The Labute approximate surface area is 366 Å². The van der Waals surface area contributed by atoms with Crippen molar-refractivity contribution >= 4 is 11.9 Å². The molecule has 0 fully saturated rings. The first-order chi connectivity index (χ1) is 29.0. The van der Waals surface area contributed by atoms with Gasteiger partial charge in [0.1, 0.15) is 0 Å². The molecule has 0 aromatic heterocycles. The van der Waals surface area contributed by atoms with E-state index in [1.807, 2.05) is 6.08 Å². The molecule has 0 radical (unpaired) electrons. The van der Waals surface area contributed by atoms with Crippen molar-refractivity contribution in [3.05, 3.63) is 48.6 Å². The predicted octanol–water partition coefficient (Wildman–Crippen LogP) is 15.1. The summed E-state index contributed by atoms with van der Waals surface area (Å²) in [6, 6.07) is -0.654. The van der Waals surface area contributed by atoms with Gasteiger partial charge >= 0.3 is 5.97 Å². The van der Waals surface area contributed by atoms with Crippen LogP contribution >= 0.6 is 0 Å². The second-order valence-corrected chi connectivity index (χ2v) is 17.1. The van der Waals surface area contributed by atoms with Crippen LogP contribution in [0.4, 0.5) is 0 Å². The summed E-state index contributed by atoms with van der Waals surface area (Å²) in [6.07, 6.45) is 59.7. The van der Waals surface area contributed by atoms with E-state index in [0.29, 0.717) is 19.4 Å². The zero-order valence-corrected chi connectivity index (χ0v) is 39.0. The third-order valence-corrected chi connectivity index (χ3v) is 11.3. The normalized spacial score (nSPS) is 13.1. The molecule has 0 aliphatic carbocycles. The standard InChI is InChI=1S/C53H97NO5/c1-3-5-7-9-11-13-15-17-18-19-20-21-22-24-26-31-35-39-43-47-53(58)59-48-44-40-36-32-28-27-30-34-38-42-46-52(57)54-50(49-55)51(56)45-41-37-33-29-25-23-16-14-12-10-8-6-4-2/h11,13,17-18,28,32,41,45,50-51,55-56H,3-10,12,14-16,19-27,29-31,33-40,42-44,46-49H2,1-2H3,(H,54,57)/b13-11-,18-17-,32-28-,45-41+. The molecule has 0 saturated carbocycles. The predicted molar refractivity (Wildman–Crippen MR) is 255 cm³/mol. The highest BCUT2D eigenvalue weighted by molar-refractivity contribution is 5.76. The van der Waals surface area contributed by atoms with Gasteiger partial charge in [-0.3, -0.25) is 9.59 Å². The number of rotatable bonds is 46. The first-order valence-electron chi connectivity index (χ1n) is 25.4. The lowest BCUT2D eigenvalue weighted by Crippen LogP contribution is -2.45. The summed E-state index contributed by atoms with van der Waals surface area (Å²) in [6.45, 7) is 4.77. The largest absolute Gasteiger partial charge is 0.466 e. The molecule has 0 aliphatic rings. The minimum Gasteiger partial charge on any atom is -0.466 e. The quantitative estimate of drug-likeness (QED) is 0.0323. The van der Waals surface area contributed by atoms with Crippen LogP contribution in [0.25, 0.3) is 0 Å². The van der Waals surface area contributed by atoms with Crippen LogP contribution in [-0.4, -0.2) is 47.4 Å². The molecule has 0 aromatic rings. The summed E-state index contributed by atoms with van der Waals surface area (Å²) in [5, 5.41) is 23.0. The molecule has 6 heteroatoms. The summed E-state index contributed by atoms with van der Waals surface area (Å²) in [5.74, 6) is -0.149. The SMILES string of the molecule is CCCCC/C=C\C/C=C\CCCCCCCCCCCC(=O)OCCCC/C=C\CCCCCCC(=O)NC(CO)C(O)/C=C/CCCCCCCCCCCCC. The molecule has 59 heavy (non-hydrogen) atoms. The number of hydrogen-bond acceptors (Lipinski definition) is 5. The topological polar surface area (TPSA) is 95.9 Å². The second kappa shape index (κ2) is 48.5. The van der Waals surface area contributed by atoms with E-state index in [4.69, 9.17) is 4.74 Å². The van der Waals surface area contributed by atoms with E-state index in [1.54, 1.807) is 6.08 Å². The van der Waals surface area contributed by atoms with Crippen molar-refractivity contribution in [3.8, 4) is 0 Å². The summed E-state index contributed by atoms with van der Waals surface area (Å²) >= 11 is 0. The Balaban J connectivity index is 3.55. The number of hydrogen-bond donors (Lipinski definition) is 3. The molecule has 0 spiro atoms. The van der Waals surface area contributed by atoms with Crippen molar-refractivity contribution in [3.63, 3.8) is 0 Å². The number of carbonyl (C=O) groups is 2. The summed E-state index contributed by atoms with van der Waals surface area (Å²) in [4.78, 5) is 24.4. The summed E-state index contributed by atoms with van der Waals surface area (Å²) < 4.78 is 5.44. The molecule has 2 atom stereocenters. The fraction of sp³-hybridized carbons (Fsp3) is 0.811. The Morgan fingerprint density at radius 1 is 0.475 bits per heavy atom. The number of nitrogens with one attached hydrogen (secondary N) is 1. The van der Waals surface area contributed by atoms with Crippen LogP contribution in [0.2, 0.25) is 0 Å². The third kappa shape index (κ3) is 45.2. The van der Waals surface area contributed by atoms with Crippen LogP contribution in [0.3, 0.4) is 0 Å². The van der Waals surface area contributed by atoms with E-state index in [1.165, 1.54) is 141 Å². The fourth-order valence-corrected chi connectivity index (χ4v) is 7.36. The van der Waals surface area contributed by atoms with Crippen LogP contribution < -0.4 is 5.32 Å². The highest BCUT2D eigenvalue weighted by Crippen LogP contribution is 2.14. The maximum Gasteiger partial charge on any atom is 0.305 e. The Bertz CT molecular complexity index is 1000. The lowest BCUT2D eigenvalue weighted by molar-refractivity contribution is -0.143. The van der Waals surface area contributed by atoms with Gasteiger partial charge in [-0.2, -0.15) is 0 Å². The van der Waals surface area contributed by atoms with Crippen LogP contribution in [0, 0.1) is 0 Å². The lowest BCUT2D eigenvalue weighted by atomic mass is 10.0. The van der Waals surface area contributed by atoms with Crippen molar-refractivity contribution in [2.45, 2.75) is 264 Å². The van der Waals surface area contributed by atoms with Gasteiger partial charge < -0.3 is 20.3 Å². The molecule has 0 bridgehead atoms. The highest BCUT2D eigenvalue weighted by Gasteiger charge is 2.18. The van der Waals surface area contributed by atoms with Gasteiger partial charge in [0.25, 0.3) is 0 Å². The van der Waals surface area contributed by atoms with Crippen LogP contribution in [-0.2, 0) is 14.3 Å². The molecule has 0 aromatic carbocycles. The Morgan fingerprint density at radius 3 is 1.34 bits per heavy atom. The van der Waals surface area contributed by atoms with E-state index < -0.39 is 12.1 Å². The number of allylic oxidation sites excluding steroid dienone is 7. The minimum atomic E-state index is -0.866. The van der Waals surface area contributed by atoms with Gasteiger partial charge in [-0.1, -0.05) is 197 Å². The van der Waals surface area contributed by atoms with Crippen molar-refractivity contribution in [1.82, 2.24) is 5.32 Å². The van der Waals surface area contributed by atoms with Gasteiger partial charge in [-0.05, 0) is 89.9 Å². The Morgan fingerprint density at radius 2 is 0.847 bits per heavy atom. The fourth-order valence-electron chi connectivity index (χ4n) is 7.36. The minimum absolute atomic E-state index is 0.0433. The Kier molecular flexibility index (Phi) is 46.7. The average molecular weight is 828 g/mol. The molecule has 344 valence electrons. The van der Waals surface area contributed by atoms with Gasteiger partial charge in [0.2, 0.25) is 5.91 Å². The van der Waals surface area contributed by atoms with Crippen molar-refractivity contribution in [2.75, 3.05) is 13.2 Å². The van der Waals surface area contributed by atoms with Gasteiger partial charge in [0, 0.05) is 12.8 Å². The van der Waals surface area contributed by atoms with Crippen molar-refractivity contribution in [1.29, 1.82) is 0 Å². The molecular formula is C53H97NO5. The van der Waals surface area contributed by atoms with Crippen molar-refractivity contribution in [2.24, 2.45) is 0 Å². The molecule has 2 unspecified atom stereocenters. The summed E-state index contributed by atoms with van der Waals surface area (Å²) in [5.41, 5.74) is 0. The van der Waals surface area contributed by atoms with E-state index in [0.717, 1.165) is 83.5 Å². The molecule has 0 aliphatic heterocycles. The van der Waals surface area contributed by atoms with Gasteiger partial charge in [0.05, 0.1) is 25.4 Å².